The van der Waals surface area contributed by atoms with E-state index < -0.39 is 17.7 Å². The van der Waals surface area contributed by atoms with Gasteiger partial charge in [0.05, 0.1) is 21.7 Å². The molecular formula is C23H16Cl2N2O4S. The second kappa shape index (κ2) is 7.92. The van der Waals surface area contributed by atoms with Crippen molar-refractivity contribution in [1.29, 1.82) is 0 Å². The molecule has 0 saturated carbocycles. The largest absolute Gasteiger partial charge is 0.507 e. The minimum absolute atomic E-state index is 0.0319. The molecule has 2 aliphatic rings. The van der Waals surface area contributed by atoms with Gasteiger partial charge in [0, 0.05) is 23.6 Å². The summed E-state index contributed by atoms with van der Waals surface area (Å²) in [6, 6.07) is 9.18. The number of Topliss-reactive ketones (excluding diaryl/α,β-unsaturated/α-hetero) is 1. The van der Waals surface area contributed by atoms with Gasteiger partial charge >= 0.3 is 5.91 Å². The van der Waals surface area contributed by atoms with Crippen LogP contribution in [0.3, 0.4) is 0 Å². The maximum absolute atomic E-state index is 13.1. The first-order chi connectivity index (χ1) is 15.3. The van der Waals surface area contributed by atoms with Crippen LogP contribution in [0, 0.1) is 0 Å². The molecule has 0 bridgehead atoms. The third-order valence-corrected chi connectivity index (χ3v) is 7.01. The SMILES string of the molecule is C[C@@H]1Cc2cc(/C(O)=C3\C(=O)C(=O)N(c4nccs4)[C@H]3c3ccc(Cl)c(Cl)c3)ccc2O1. The predicted molar refractivity (Wildman–Crippen MR) is 124 cm³/mol. The summed E-state index contributed by atoms with van der Waals surface area (Å²) < 4.78 is 5.72. The highest BCUT2D eigenvalue weighted by Gasteiger charge is 2.48. The second-order valence-electron chi connectivity index (χ2n) is 7.61. The zero-order valence-electron chi connectivity index (χ0n) is 16.7. The number of aliphatic hydroxyl groups is 1. The van der Waals surface area contributed by atoms with Crippen LogP contribution in [-0.2, 0) is 16.0 Å². The molecule has 2 aromatic carbocycles. The van der Waals surface area contributed by atoms with Gasteiger partial charge in [0.1, 0.15) is 17.6 Å². The number of hydrogen-bond acceptors (Lipinski definition) is 6. The highest BCUT2D eigenvalue weighted by Crippen LogP contribution is 2.44. The van der Waals surface area contributed by atoms with Gasteiger partial charge in [-0.1, -0.05) is 29.3 Å². The van der Waals surface area contributed by atoms with Crippen LogP contribution in [0.15, 0.2) is 53.5 Å². The molecule has 0 aliphatic carbocycles. The summed E-state index contributed by atoms with van der Waals surface area (Å²) in [5.41, 5.74) is 1.87. The Balaban J connectivity index is 1.70. The molecule has 3 heterocycles. The number of anilines is 1. The Morgan fingerprint density at radius 3 is 2.72 bits per heavy atom. The Labute approximate surface area is 197 Å². The Bertz CT molecular complexity index is 1290. The van der Waals surface area contributed by atoms with E-state index in [1.165, 1.54) is 16.2 Å². The van der Waals surface area contributed by atoms with Crippen molar-refractivity contribution in [1.82, 2.24) is 4.98 Å². The number of fused-ring (bicyclic) bond motifs is 1. The van der Waals surface area contributed by atoms with Gasteiger partial charge in [-0.2, -0.15) is 0 Å². The molecule has 1 saturated heterocycles. The van der Waals surface area contributed by atoms with Crippen LogP contribution in [-0.4, -0.2) is 27.9 Å². The highest BCUT2D eigenvalue weighted by atomic mass is 35.5. The maximum Gasteiger partial charge on any atom is 0.301 e. The van der Waals surface area contributed by atoms with Crippen molar-refractivity contribution >= 4 is 57.1 Å². The van der Waals surface area contributed by atoms with Gasteiger partial charge in [-0.15, -0.1) is 11.3 Å². The lowest BCUT2D eigenvalue weighted by molar-refractivity contribution is -0.132. The molecule has 9 heteroatoms. The molecule has 0 unspecified atom stereocenters. The Morgan fingerprint density at radius 1 is 1.19 bits per heavy atom. The Morgan fingerprint density at radius 2 is 2.00 bits per heavy atom. The average Bonchev–Trinajstić information content (AvgIpc) is 3.47. The number of amides is 1. The molecule has 162 valence electrons. The molecule has 5 rings (SSSR count). The predicted octanol–water partition coefficient (Wildman–Crippen LogP) is 5.40. The zero-order valence-corrected chi connectivity index (χ0v) is 19.0. The van der Waals surface area contributed by atoms with Crippen molar-refractivity contribution < 1.29 is 19.4 Å². The number of rotatable bonds is 3. The van der Waals surface area contributed by atoms with Crippen LogP contribution in [0.1, 0.15) is 29.7 Å². The summed E-state index contributed by atoms with van der Waals surface area (Å²) >= 11 is 13.5. The van der Waals surface area contributed by atoms with Crippen molar-refractivity contribution in [3.63, 3.8) is 0 Å². The maximum atomic E-state index is 13.1. The minimum Gasteiger partial charge on any atom is -0.507 e. The smallest absolute Gasteiger partial charge is 0.301 e. The van der Waals surface area contributed by atoms with E-state index in [1.54, 1.807) is 48.0 Å². The first-order valence-electron chi connectivity index (χ1n) is 9.80. The van der Waals surface area contributed by atoms with Crippen molar-refractivity contribution in [2.45, 2.75) is 25.5 Å². The second-order valence-corrected chi connectivity index (χ2v) is 9.30. The van der Waals surface area contributed by atoms with Gasteiger partial charge in [-0.25, -0.2) is 4.98 Å². The van der Waals surface area contributed by atoms with Crippen LogP contribution in [0.25, 0.3) is 5.76 Å². The number of aromatic nitrogens is 1. The van der Waals surface area contributed by atoms with Crippen molar-refractivity contribution in [3.8, 4) is 5.75 Å². The molecule has 1 aromatic heterocycles. The number of thiazole rings is 1. The lowest BCUT2D eigenvalue weighted by atomic mass is 9.94. The fourth-order valence-electron chi connectivity index (χ4n) is 4.09. The molecule has 1 amide bonds. The molecule has 1 fully saturated rings. The molecule has 3 aromatic rings. The van der Waals surface area contributed by atoms with E-state index in [-0.39, 0.29) is 22.5 Å². The van der Waals surface area contributed by atoms with Crippen LogP contribution >= 0.6 is 34.5 Å². The normalized spacial score (nSPS) is 21.7. The number of ketones is 1. The zero-order chi connectivity index (χ0) is 22.6. The molecule has 0 spiro atoms. The molecule has 1 N–H and O–H groups in total. The number of carbonyl (C=O) groups excluding carboxylic acids is 2. The third kappa shape index (κ3) is 3.37. The van der Waals surface area contributed by atoms with Crippen LogP contribution < -0.4 is 9.64 Å². The first kappa shape index (κ1) is 21.0. The van der Waals surface area contributed by atoms with E-state index in [1.807, 2.05) is 6.92 Å². The molecular weight excluding hydrogens is 471 g/mol. The topological polar surface area (TPSA) is 79.7 Å². The van der Waals surface area contributed by atoms with E-state index in [4.69, 9.17) is 27.9 Å². The molecule has 32 heavy (non-hydrogen) atoms. The highest BCUT2D eigenvalue weighted by molar-refractivity contribution is 7.14. The number of benzene rings is 2. The fourth-order valence-corrected chi connectivity index (χ4v) is 5.06. The Hall–Kier alpha value is -2.87. The number of carbonyl (C=O) groups is 2. The van der Waals surface area contributed by atoms with Crippen molar-refractivity contribution in [2.24, 2.45) is 0 Å². The lowest BCUT2D eigenvalue weighted by Crippen LogP contribution is -2.29. The summed E-state index contributed by atoms with van der Waals surface area (Å²) in [4.78, 5) is 31.7. The summed E-state index contributed by atoms with van der Waals surface area (Å²) in [5, 5.41) is 13.9. The van der Waals surface area contributed by atoms with Gasteiger partial charge in [0.2, 0.25) is 0 Å². The van der Waals surface area contributed by atoms with Crippen LogP contribution in [0.2, 0.25) is 10.0 Å². The summed E-state index contributed by atoms with van der Waals surface area (Å²) in [7, 11) is 0. The molecule has 6 nitrogen and oxygen atoms in total. The number of halogens is 2. The third-order valence-electron chi connectivity index (χ3n) is 5.50. The fraction of sp³-hybridized carbons (Fsp3) is 0.174. The minimum atomic E-state index is -0.903. The summed E-state index contributed by atoms with van der Waals surface area (Å²) in [6.07, 6.45) is 2.28. The van der Waals surface area contributed by atoms with E-state index >= 15 is 0 Å². The van der Waals surface area contributed by atoms with Gasteiger partial charge in [-0.05, 0) is 48.4 Å². The van der Waals surface area contributed by atoms with Gasteiger partial charge in [-0.3, -0.25) is 14.5 Å². The monoisotopic (exact) mass is 486 g/mol. The first-order valence-corrected chi connectivity index (χ1v) is 11.4. The van der Waals surface area contributed by atoms with Gasteiger partial charge < -0.3 is 9.84 Å². The standard InChI is InChI=1S/C23H16Cl2N2O4S/c1-11-8-14-9-13(3-5-17(14)31-11)20(28)18-19(12-2-4-15(24)16(25)10-12)27(22(30)21(18)29)23-26-6-7-32-23/h2-7,9-11,19,28H,8H2,1H3/b20-18+/t11-,19+/m1/s1. The van der Waals surface area contributed by atoms with Crippen LogP contribution in [0.4, 0.5) is 5.13 Å². The van der Waals surface area contributed by atoms with E-state index in [0.29, 0.717) is 27.7 Å². The summed E-state index contributed by atoms with van der Waals surface area (Å²) in [6.45, 7) is 1.96. The van der Waals surface area contributed by atoms with Gasteiger partial charge in [0.25, 0.3) is 5.78 Å². The van der Waals surface area contributed by atoms with Crippen LogP contribution in [0.5, 0.6) is 5.75 Å². The average molecular weight is 487 g/mol. The molecule has 2 atom stereocenters. The number of nitrogens with zero attached hydrogens (tertiary/aromatic N) is 2. The number of ether oxygens (including phenoxy) is 1. The Kier molecular flexibility index (Phi) is 5.20. The quantitative estimate of drug-likeness (QED) is 0.304. The van der Waals surface area contributed by atoms with Crippen molar-refractivity contribution in [2.75, 3.05) is 4.90 Å². The molecule has 2 aliphatic heterocycles. The van der Waals surface area contributed by atoms with Crippen molar-refractivity contribution in [3.05, 3.63) is 80.3 Å². The number of aliphatic hydroxyl groups excluding tert-OH is 1. The van der Waals surface area contributed by atoms with Gasteiger partial charge in [0.15, 0.2) is 5.13 Å². The van der Waals surface area contributed by atoms with E-state index in [9.17, 15) is 14.7 Å². The molecule has 0 radical (unpaired) electrons. The summed E-state index contributed by atoms with van der Waals surface area (Å²) in [5.74, 6) is -1.08. The number of hydrogen-bond donors (Lipinski definition) is 1. The lowest BCUT2D eigenvalue weighted by Gasteiger charge is -2.23. The van der Waals surface area contributed by atoms with E-state index in [0.717, 1.165) is 11.3 Å². The van der Waals surface area contributed by atoms with E-state index in [2.05, 4.69) is 4.98 Å².